The third-order valence-electron chi connectivity index (χ3n) is 8.70. The second-order valence-electron chi connectivity index (χ2n) is 11.7. The maximum atomic E-state index is 14.6. The van der Waals surface area contributed by atoms with E-state index in [4.69, 9.17) is 28.3 Å². The standard InChI is InChI=1S/C32H44N8O3/c33-28(34)22-14-12-20(13-15-22)17-25(21-7-2-1-3-8-21)31(43)40-19-24-10-5-4-9-23(24)18-27(40)30(42)39-26(29(35)41)11-6-16-38-32(36)37/h4-5,9-10,12-15,21,25-27H,1-3,6-8,11,16-19H2,(H3,33,34)(H2,35,41)(H,39,42)(H4,36,37,38)/t25?,26-,27-/m0/s1. The van der Waals surface area contributed by atoms with Gasteiger partial charge < -0.3 is 33.2 Å². The van der Waals surface area contributed by atoms with E-state index in [1.54, 1.807) is 4.90 Å². The van der Waals surface area contributed by atoms with E-state index in [0.717, 1.165) is 48.8 Å². The number of carbonyl (C=O) groups excluding carboxylic acids is 3. The molecule has 2 aromatic rings. The zero-order chi connectivity index (χ0) is 30.9. The molecule has 1 fully saturated rings. The number of nitrogens with one attached hydrogen (secondary N) is 2. The molecule has 3 amide bonds. The van der Waals surface area contributed by atoms with E-state index >= 15 is 0 Å². The van der Waals surface area contributed by atoms with Crippen LogP contribution >= 0.6 is 0 Å². The lowest BCUT2D eigenvalue weighted by molar-refractivity contribution is -0.147. The Morgan fingerprint density at radius 3 is 2.26 bits per heavy atom. The molecule has 2 aliphatic rings. The molecule has 1 saturated carbocycles. The summed E-state index contributed by atoms with van der Waals surface area (Å²) in [6.45, 7) is 0.616. The summed E-state index contributed by atoms with van der Waals surface area (Å²) in [5.74, 6) is -1.27. The number of hydrogen-bond donors (Lipinski definition) is 6. The molecule has 1 unspecified atom stereocenters. The van der Waals surface area contributed by atoms with E-state index in [1.165, 1.54) is 0 Å². The first-order valence-corrected chi connectivity index (χ1v) is 15.1. The minimum atomic E-state index is -0.912. The SMILES string of the molecule is N=C(N)c1ccc(CC(C(=O)N2Cc3ccccc3C[C@H]2C(=O)N[C@@H](CCCN=C(N)N)C(N)=O)C2CCCCC2)cc1. The van der Waals surface area contributed by atoms with Gasteiger partial charge in [0.25, 0.3) is 0 Å². The first kappa shape index (κ1) is 31.5. The Bertz CT molecular complexity index is 1330. The molecule has 43 heavy (non-hydrogen) atoms. The highest BCUT2D eigenvalue weighted by molar-refractivity contribution is 5.95. The molecule has 2 aromatic carbocycles. The predicted octanol–water partition coefficient (Wildman–Crippen LogP) is 1.69. The zero-order valence-corrected chi connectivity index (χ0v) is 24.6. The van der Waals surface area contributed by atoms with E-state index < -0.39 is 23.9 Å². The van der Waals surface area contributed by atoms with Crippen LogP contribution in [0.15, 0.2) is 53.5 Å². The summed E-state index contributed by atoms with van der Waals surface area (Å²) in [5.41, 5.74) is 25.7. The number of primary amides is 1. The Kier molecular flexibility index (Phi) is 10.7. The molecule has 0 saturated heterocycles. The number of amidine groups is 1. The van der Waals surface area contributed by atoms with Crippen LogP contribution in [-0.4, -0.2) is 53.0 Å². The second kappa shape index (κ2) is 14.7. The van der Waals surface area contributed by atoms with Crippen molar-refractivity contribution in [3.63, 3.8) is 0 Å². The van der Waals surface area contributed by atoms with Crippen LogP contribution in [0.2, 0.25) is 0 Å². The molecule has 10 N–H and O–H groups in total. The average Bonchev–Trinajstić information content (AvgIpc) is 3.00. The van der Waals surface area contributed by atoms with Crippen molar-refractivity contribution in [2.75, 3.05) is 6.54 Å². The monoisotopic (exact) mass is 588 g/mol. The molecule has 1 aliphatic carbocycles. The summed E-state index contributed by atoms with van der Waals surface area (Å²) >= 11 is 0. The Morgan fingerprint density at radius 2 is 1.63 bits per heavy atom. The lowest BCUT2D eigenvalue weighted by Crippen LogP contribution is -2.57. The Hall–Kier alpha value is -4.41. The summed E-state index contributed by atoms with van der Waals surface area (Å²) in [6, 6.07) is 13.6. The normalized spacial score (nSPS) is 18.1. The number of nitrogen functional groups attached to an aromatic ring is 1. The predicted molar refractivity (Wildman–Crippen MR) is 167 cm³/mol. The van der Waals surface area contributed by atoms with Gasteiger partial charge in [0, 0.05) is 31.0 Å². The molecule has 0 radical (unpaired) electrons. The number of aliphatic imine (C=N–C) groups is 1. The Labute approximate surface area is 253 Å². The van der Waals surface area contributed by atoms with Crippen molar-refractivity contribution in [1.29, 1.82) is 5.41 Å². The molecule has 0 spiro atoms. The van der Waals surface area contributed by atoms with Gasteiger partial charge in [-0.3, -0.25) is 24.8 Å². The van der Waals surface area contributed by atoms with Gasteiger partial charge in [-0.1, -0.05) is 67.8 Å². The quantitative estimate of drug-likeness (QED) is 0.123. The molecule has 230 valence electrons. The van der Waals surface area contributed by atoms with E-state index in [-0.39, 0.29) is 36.0 Å². The molecule has 3 atom stereocenters. The average molecular weight is 589 g/mol. The number of rotatable bonds is 12. The summed E-state index contributed by atoms with van der Waals surface area (Å²) in [7, 11) is 0. The molecule has 0 aromatic heterocycles. The number of hydrogen-bond acceptors (Lipinski definition) is 5. The van der Waals surface area contributed by atoms with Crippen LogP contribution in [0.25, 0.3) is 0 Å². The van der Waals surface area contributed by atoms with Gasteiger partial charge in [0.1, 0.15) is 17.9 Å². The lowest BCUT2D eigenvalue weighted by atomic mass is 9.76. The Morgan fingerprint density at radius 1 is 0.953 bits per heavy atom. The van der Waals surface area contributed by atoms with Crippen molar-refractivity contribution in [3.05, 3.63) is 70.8 Å². The topological polar surface area (TPSA) is 207 Å². The number of nitrogens with zero attached hydrogens (tertiary/aromatic N) is 2. The number of amides is 3. The third-order valence-corrected chi connectivity index (χ3v) is 8.70. The van der Waals surface area contributed by atoms with Crippen LogP contribution in [0.1, 0.15) is 67.2 Å². The second-order valence-corrected chi connectivity index (χ2v) is 11.7. The largest absolute Gasteiger partial charge is 0.384 e. The van der Waals surface area contributed by atoms with Crippen molar-refractivity contribution in [3.8, 4) is 0 Å². The fourth-order valence-corrected chi connectivity index (χ4v) is 6.33. The lowest BCUT2D eigenvalue weighted by Gasteiger charge is -2.40. The third kappa shape index (κ3) is 8.33. The van der Waals surface area contributed by atoms with Crippen LogP contribution in [0.5, 0.6) is 0 Å². The fraction of sp³-hybridized carbons (Fsp3) is 0.469. The zero-order valence-electron chi connectivity index (χ0n) is 24.6. The van der Waals surface area contributed by atoms with E-state index in [2.05, 4.69) is 10.3 Å². The van der Waals surface area contributed by atoms with Gasteiger partial charge >= 0.3 is 0 Å². The van der Waals surface area contributed by atoms with E-state index in [1.807, 2.05) is 48.5 Å². The van der Waals surface area contributed by atoms with Gasteiger partial charge in [0.15, 0.2) is 5.96 Å². The van der Waals surface area contributed by atoms with Gasteiger partial charge in [-0.25, -0.2) is 0 Å². The maximum Gasteiger partial charge on any atom is 0.243 e. The summed E-state index contributed by atoms with van der Waals surface area (Å²) in [6.07, 6.45) is 6.83. The van der Waals surface area contributed by atoms with Crippen LogP contribution in [0.3, 0.4) is 0 Å². The van der Waals surface area contributed by atoms with Crippen LogP contribution < -0.4 is 28.3 Å². The molecular formula is C32H44N8O3. The number of guanidine groups is 1. The van der Waals surface area contributed by atoms with Crippen molar-refractivity contribution in [1.82, 2.24) is 10.2 Å². The molecule has 11 nitrogen and oxygen atoms in total. The van der Waals surface area contributed by atoms with Gasteiger partial charge in [-0.05, 0) is 54.7 Å². The minimum Gasteiger partial charge on any atom is -0.384 e. The van der Waals surface area contributed by atoms with E-state index in [9.17, 15) is 14.4 Å². The van der Waals surface area contributed by atoms with Crippen LogP contribution in [-0.2, 0) is 33.8 Å². The van der Waals surface area contributed by atoms with E-state index in [0.29, 0.717) is 37.9 Å². The number of benzene rings is 2. The maximum absolute atomic E-state index is 14.6. The molecular weight excluding hydrogens is 544 g/mol. The summed E-state index contributed by atoms with van der Waals surface area (Å²) < 4.78 is 0. The summed E-state index contributed by atoms with van der Waals surface area (Å²) in [5, 5.41) is 10.5. The minimum absolute atomic E-state index is 0.00204. The smallest absolute Gasteiger partial charge is 0.243 e. The molecule has 0 bridgehead atoms. The van der Waals surface area contributed by atoms with Crippen molar-refractivity contribution in [2.24, 2.45) is 39.8 Å². The fourth-order valence-electron chi connectivity index (χ4n) is 6.33. The van der Waals surface area contributed by atoms with Gasteiger partial charge in [-0.15, -0.1) is 0 Å². The first-order chi connectivity index (χ1) is 20.6. The van der Waals surface area contributed by atoms with Crippen molar-refractivity contribution in [2.45, 2.75) is 76.4 Å². The number of carbonyl (C=O) groups is 3. The number of nitrogens with two attached hydrogens (primary N) is 4. The van der Waals surface area contributed by atoms with Crippen LogP contribution in [0, 0.1) is 17.2 Å². The van der Waals surface area contributed by atoms with Gasteiger partial charge in [0.2, 0.25) is 17.7 Å². The van der Waals surface area contributed by atoms with Crippen LogP contribution in [0.4, 0.5) is 0 Å². The highest BCUT2D eigenvalue weighted by atomic mass is 16.2. The highest BCUT2D eigenvalue weighted by Gasteiger charge is 2.40. The Balaban J connectivity index is 1.60. The highest BCUT2D eigenvalue weighted by Crippen LogP contribution is 2.35. The number of fused-ring (bicyclic) bond motifs is 1. The summed E-state index contributed by atoms with van der Waals surface area (Å²) in [4.78, 5) is 46.3. The first-order valence-electron chi connectivity index (χ1n) is 15.1. The molecule has 4 rings (SSSR count). The van der Waals surface area contributed by atoms with Gasteiger partial charge in [-0.2, -0.15) is 0 Å². The van der Waals surface area contributed by atoms with Gasteiger partial charge in [0.05, 0.1) is 0 Å². The molecule has 11 heteroatoms. The van der Waals surface area contributed by atoms with Crippen molar-refractivity contribution < 1.29 is 14.4 Å². The molecule has 1 aliphatic heterocycles. The molecule has 1 heterocycles. The van der Waals surface area contributed by atoms with Crippen molar-refractivity contribution >= 4 is 29.5 Å².